The molecule has 0 amide bonds. The third kappa shape index (κ3) is 7.62. The molecule has 0 saturated carbocycles. The van der Waals surface area contributed by atoms with Crippen LogP contribution in [0.3, 0.4) is 0 Å². The van der Waals surface area contributed by atoms with Gasteiger partial charge in [0, 0.05) is 27.1 Å². The van der Waals surface area contributed by atoms with Crippen LogP contribution in [0.15, 0.2) is 206 Å². The molecule has 10 aromatic carbocycles. The van der Waals surface area contributed by atoms with Crippen LogP contribution in [0.2, 0.25) is 0 Å². The van der Waals surface area contributed by atoms with E-state index in [1.165, 1.54) is 6.07 Å². The van der Waals surface area contributed by atoms with Gasteiger partial charge in [-0.05, 0) is 144 Å². The van der Waals surface area contributed by atoms with Gasteiger partial charge in [-0.15, -0.1) is 0 Å². The first-order chi connectivity index (χ1) is 34.9. The van der Waals surface area contributed by atoms with Crippen molar-refractivity contribution in [3.8, 4) is 73.1 Å². The molecule has 0 N–H and O–H groups in total. The van der Waals surface area contributed by atoms with Gasteiger partial charge in [-0.25, -0.2) is 0 Å². The van der Waals surface area contributed by atoms with Crippen LogP contribution in [0, 0.1) is 39.0 Å². The summed E-state index contributed by atoms with van der Waals surface area (Å²) >= 11 is 0. The number of fused-ring (bicyclic) bond motifs is 6. The van der Waals surface area contributed by atoms with E-state index in [0.717, 1.165) is 116 Å². The minimum Gasteiger partial charge on any atom is -0.308 e. The van der Waals surface area contributed by atoms with E-state index in [1.807, 2.05) is 0 Å². The topological polar surface area (TPSA) is 33.6 Å². The summed E-state index contributed by atoms with van der Waals surface area (Å²) in [6.07, 6.45) is -4.71. The van der Waals surface area contributed by atoms with Gasteiger partial charge in [0.2, 0.25) is 0 Å². The zero-order valence-corrected chi connectivity index (χ0v) is 40.1. The Morgan fingerprint density at radius 1 is 0.361 bits per heavy atom. The molecule has 12 rings (SSSR count). The lowest BCUT2D eigenvalue weighted by Gasteiger charge is -2.23. The summed E-state index contributed by atoms with van der Waals surface area (Å²) in [4.78, 5) is 0. The Morgan fingerprint density at radius 3 is 0.944 bits per heavy atom. The summed E-state index contributed by atoms with van der Waals surface area (Å²) in [5, 5.41) is 14.8. The molecule has 2 heterocycles. The van der Waals surface area contributed by atoms with E-state index in [1.54, 1.807) is 24.3 Å². The quantitative estimate of drug-likeness (QED) is 0.157. The molecule has 0 saturated heterocycles. The third-order valence-electron chi connectivity index (χ3n) is 14.3. The number of hydrogen-bond acceptors (Lipinski definition) is 1. The molecule has 0 aliphatic carbocycles. The Kier molecular flexibility index (Phi) is 10.6. The summed E-state index contributed by atoms with van der Waals surface area (Å²) in [6.45, 7) is 8.26. The van der Waals surface area contributed by atoms with Gasteiger partial charge in [0.25, 0.3) is 0 Å². The third-order valence-corrected chi connectivity index (χ3v) is 14.3. The van der Waals surface area contributed by atoms with Gasteiger partial charge in [-0.1, -0.05) is 162 Å². The van der Waals surface area contributed by atoms with E-state index in [9.17, 15) is 5.26 Å². The number of aryl methyl sites for hydroxylation is 4. The van der Waals surface area contributed by atoms with Gasteiger partial charge in [0.1, 0.15) is 0 Å². The molecule has 0 bridgehead atoms. The van der Waals surface area contributed by atoms with Crippen molar-refractivity contribution < 1.29 is 13.2 Å². The molecule has 346 valence electrons. The molecule has 0 atom stereocenters. The first kappa shape index (κ1) is 44.3. The first-order valence-electron chi connectivity index (χ1n) is 24.1. The van der Waals surface area contributed by atoms with Crippen molar-refractivity contribution in [1.82, 2.24) is 9.13 Å². The van der Waals surface area contributed by atoms with Crippen LogP contribution >= 0.6 is 0 Å². The highest BCUT2D eigenvalue weighted by Crippen LogP contribution is 2.48. The number of rotatable bonds is 7. The first-order valence-corrected chi connectivity index (χ1v) is 24.1. The highest BCUT2D eigenvalue weighted by molar-refractivity contribution is 6.14. The van der Waals surface area contributed by atoms with E-state index in [2.05, 4.69) is 213 Å². The fourth-order valence-corrected chi connectivity index (χ4v) is 10.5. The van der Waals surface area contributed by atoms with Crippen LogP contribution < -0.4 is 0 Å². The maximum atomic E-state index is 15.7. The van der Waals surface area contributed by atoms with Crippen molar-refractivity contribution in [2.45, 2.75) is 33.9 Å². The molecule has 6 heteroatoms. The number of aromatic nitrogens is 2. The summed E-state index contributed by atoms with van der Waals surface area (Å²) in [5.74, 6) is 0. The lowest BCUT2D eigenvalue weighted by atomic mass is 9.94. The minimum absolute atomic E-state index is 0.00425. The molecular formula is C66H46F3N3. The van der Waals surface area contributed by atoms with E-state index in [0.29, 0.717) is 22.5 Å². The van der Waals surface area contributed by atoms with E-state index in [-0.39, 0.29) is 5.56 Å². The van der Waals surface area contributed by atoms with Crippen LogP contribution in [0.4, 0.5) is 13.2 Å². The fraction of sp³-hybridized carbons (Fsp3) is 0.0758. The van der Waals surface area contributed by atoms with Crippen molar-refractivity contribution in [1.29, 1.82) is 5.26 Å². The second-order valence-electron chi connectivity index (χ2n) is 19.1. The molecule has 0 radical (unpaired) electrons. The van der Waals surface area contributed by atoms with Gasteiger partial charge in [-0.2, -0.15) is 18.4 Å². The highest BCUT2D eigenvalue weighted by Gasteiger charge is 2.36. The predicted octanol–water partition coefficient (Wildman–Crippen LogP) is 18.3. The number of halogens is 3. The van der Waals surface area contributed by atoms with Gasteiger partial charge in [-0.3, -0.25) is 0 Å². The second kappa shape index (κ2) is 17.2. The van der Waals surface area contributed by atoms with Crippen molar-refractivity contribution in [2.24, 2.45) is 0 Å². The standard InChI is InChI=1S/C66H46F3N3/c1-40-9-17-45(18-10-40)49-25-29-59-54(35-49)55-36-50(46-19-11-41(2)12-20-46)26-30-60(55)71(59)63-33-44(39-70)34-64(65(63)53-7-5-6-8-58(53)66(67,68)69)72-61-31-27-51(47-21-13-42(3)14-22-47)37-56(61)57-38-52(28-32-62(57)72)48-23-15-43(4)16-24-48/h5-38H,1-4H3. The zero-order chi connectivity index (χ0) is 49.4. The molecule has 2 aromatic heterocycles. The van der Waals surface area contributed by atoms with Crippen LogP contribution in [0.25, 0.3) is 111 Å². The van der Waals surface area contributed by atoms with Gasteiger partial charge >= 0.3 is 6.18 Å². The monoisotopic (exact) mass is 937 g/mol. The molecule has 0 aliphatic rings. The maximum Gasteiger partial charge on any atom is 0.417 e. The molecule has 72 heavy (non-hydrogen) atoms. The van der Waals surface area contributed by atoms with Crippen molar-refractivity contribution in [3.63, 3.8) is 0 Å². The number of benzene rings is 10. The fourth-order valence-electron chi connectivity index (χ4n) is 10.5. The normalized spacial score (nSPS) is 11.8. The van der Waals surface area contributed by atoms with Crippen LogP contribution in [-0.2, 0) is 6.18 Å². The van der Waals surface area contributed by atoms with Crippen LogP contribution in [-0.4, -0.2) is 9.13 Å². The van der Waals surface area contributed by atoms with E-state index in [4.69, 9.17) is 0 Å². The Morgan fingerprint density at radius 2 is 0.653 bits per heavy atom. The maximum absolute atomic E-state index is 15.7. The molecule has 0 fully saturated rings. The van der Waals surface area contributed by atoms with Crippen molar-refractivity contribution >= 4 is 43.6 Å². The van der Waals surface area contributed by atoms with Gasteiger partial charge in [0.05, 0.1) is 50.6 Å². The van der Waals surface area contributed by atoms with E-state index >= 15 is 13.2 Å². The summed E-state index contributed by atoms with van der Waals surface area (Å²) in [7, 11) is 0. The van der Waals surface area contributed by atoms with Gasteiger partial charge in [0.15, 0.2) is 0 Å². The Hall–Kier alpha value is -8.92. The zero-order valence-electron chi connectivity index (χ0n) is 40.1. The molecular weight excluding hydrogens is 892 g/mol. The van der Waals surface area contributed by atoms with Crippen LogP contribution in [0.1, 0.15) is 33.4 Å². The van der Waals surface area contributed by atoms with E-state index < -0.39 is 11.7 Å². The Balaban J connectivity index is 1.21. The highest BCUT2D eigenvalue weighted by atomic mass is 19.4. The summed E-state index contributed by atoms with van der Waals surface area (Å²) in [5.41, 5.74) is 16.8. The molecule has 3 nitrogen and oxygen atoms in total. The Bertz CT molecular complexity index is 3710. The largest absolute Gasteiger partial charge is 0.417 e. The predicted molar refractivity (Wildman–Crippen MR) is 291 cm³/mol. The molecule has 0 unspecified atom stereocenters. The smallest absolute Gasteiger partial charge is 0.308 e. The van der Waals surface area contributed by atoms with Crippen molar-refractivity contribution in [3.05, 3.63) is 240 Å². The number of hydrogen-bond donors (Lipinski definition) is 0. The molecule has 0 aliphatic heterocycles. The minimum atomic E-state index is -4.71. The SMILES string of the molecule is Cc1ccc(-c2ccc3c(c2)c2cc(-c4ccc(C)cc4)ccc2n3-c2cc(C#N)cc(-n3c4ccc(-c5ccc(C)cc5)cc4c4cc(-c5ccc(C)cc5)ccc43)c2-c2ccccc2C(F)(F)F)cc1. The summed E-state index contributed by atoms with van der Waals surface area (Å²) in [6, 6.07) is 70.7. The van der Waals surface area contributed by atoms with Crippen LogP contribution in [0.5, 0.6) is 0 Å². The van der Waals surface area contributed by atoms with Gasteiger partial charge < -0.3 is 9.13 Å². The summed E-state index contributed by atoms with van der Waals surface area (Å²) < 4.78 is 51.2. The second-order valence-corrected chi connectivity index (χ2v) is 19.1. The van der Waals surface area contributed by atoms with Crippen molar-refractivity contribution in [2.75, 3.05) is 0 Å². The lowest BCUT2D eigenvalue weighted by Crippen LogP contribution is -2.10. The molecule has 12 aromatic rings. The number of nitriles is 1. The molecule has 0 spiro atoms. The Labute approximate surface area is 415 Å². The number of nitrogens with zero attached hydrogens (tertiary/aromatic N) is 3. The lowest BCUT2D eigenvalue weighted by molar-refractivity contribution is -0.137. The average Bonchev–Trinajstić information content (AvgIpc) is 3.90. The average molecular weight is 938 g/mol. The number of alkyl halides is 3.